The van der Waals surface area contributed by atoms with E-state index in [4.69, 9.17) is 9.73 Å². The number of hydrogen-bond acceptors (Lipinski definition) is 3. The summed E-state index contributed by atoms with van der Waals surface area (Å²) in [7, 11) is 0. The minimum atomic E-state index is -0.0859. The lowest BCUT2D eigenvalue weighted by Gasteiger charge is -2.36. The molecular weight excluding hydrogens is 304 g/mol. The van der Waals surface area contributed by atoms with Crippen LogP contribution in [-0.2, 0) is 9.53 Å². The zero-order chi connectivity index (χ0) is 17.3. The number of nitrogens with one attached hydrogen (secondary N) is 3. The number of rotatable bonds is 7. The van der Waals surface area contributed by atoms with Crippen LogP contribution in [0.15, 0.2) is 4.99 Å². The first-order valence-electron chi connectivity index (χ1n) is 9.63. The Balaban J connectivity index is 1.95. The van der Waals surface area contributed by atoms with Crippen LogP contribution in [0.4, 0.5) is 0 Å². The van der Waals surface area contributed by atoms with E-state index in [-0.39, 0.29) is 17.6 Å². The SMILES string of the molecule is CCCOC1(CN=C(NCC)NC2CCC(=O)NC2)CCCCC1. The van der Waals surface area contributed by atoms with E-state index >= 15 is 0 Å². The molecule has 1 amide bonds. The number of nitrogens with zero attached hydrogens (tertiary/aromatic N) is 1. The third kappa shape index (κ3) is 5.96. The molecule has 2 rings (SSSR count). The maximum Gasteiger partial charge on any atom is 0.220 e. The van der Waals surface area contributed by atoms with Gasteiger partial charge in [-0.15, -0.1) is 0 Å². The largest absolute Gasteiger partial charge is 0.373 e. The molecule has 0 aromatic carbocycles. The van der Waals surface area contributed by atoms with Gasteiger partial charge in [0.25, 0.3) is 0 Å². The maximum atomic E-state index is 11.3. The molecule has 6 nitrogen and oxygen atoms in total. The number of hydrogen-bond donors (Lipinski definition) is 3. The summed E-state index contributed by atoms with van der Waals surface area (Å²) in [5.41, 5.74) is -0.0859. The van der Waals surface area contributed by atoms with Gasteiger partial charge in [0.1, 0.15) is 0 Å². The van der Waals surface area contributed by atoms with Crippen molar-refractivity contribution in [1.82, 2.24) is 16.0 Å². The van der Waals surface area contributed by atoms with Crippen molar-refractivity contribution >= 4 is 11.9 Å². The van der Waals surface area contributed by atoms with Crippen LogP contribution in [0.1, 0.15) is 65.2 Å². The molecule has 0 bridgehead atoms. The van der Waals surface area contributed by atoms with Gasteiger partial charge in [-0.05, 0) is 32.6 Å². The molecule has 2 aliphatic rings. The van der Waals surface area contributed by atoms with Crippen molar-refractivity contribution in [2.45, 2.75) is 76.9 Å². The second-order valence-corrected chi connectivity index (χ2v) is 6.97. The maximum absolute atomic E-state index is 11.3. The molecule has 1 aliphatic carbocycles. The van der Waals surface area contributed by atoms with Gasteiger partial charge in [0.05, 0.1) is 12.1 Å². The Morgan fingerprint density at radius 2 is 2.12 bits per heavy atom. The molecule has 2 fully saturated rings. The minimum Gasteiger partial charge on any atom is -0.373 e. The highest BCUT2D eigenvalue weighted by atomic mass is 16.5. The fourth-order valence-corrected chi connectivity index (χ4v) is 3.46. The molecule has 1 aliphatic heterocycles. The van der Waals surface area contributed by atoms with Gasteiger partial charge >= 0.3 is 0 Å². The molecule has 6 heteroatoms. The van der Waals surface area contributed by atoms with E-state index in [1.54, 1.807) is 0 Å². The smallest absolute Gasteiger partial charge is 0.220 e. The van der Waals surface area contributed by atoms with Crippen LogP contribution < -0.4 is 16.0 Å². The molecular formula is C18H34N4O2. The first-order valence-corrected chi connectivity index (χ1v) is 9.63. The Hall–Kier alpha value is -1.30. The summed E-state index contributed by atoms with van der Waals surface area (Å²) >= 11 is 0. The van der Waals surface area contributed by atoms with Gasteiger partial charge in [0, 0.05) is 32.2 Å². The number of carbonyl (C=O) groups is 1. The van der Waals surface area contributed by atoms with Gasteiger partial charge in [-0.25, -0.2) is 0 Å². The first-order chi connectivity index (χ1) is 11.7. The van der Waals surface area contributed by atoms with E-state index in [1.165, 1.54) is 19.3 Å². The normalized spacial score (nSPS) is 24.3. The average Bonchev–Trinajstić information content (AvgIpc) is 2.61. The predicted octanol–water partition coefficient (Wildman–Crippen LogP) is 1.95. The highest BCUT2D eigenvalue weighted by Crippen LogP contribution is 2.32. The highest BCUT2D eigenvalue weighted by molar-refractivity contribution is 5.81. The molecule has 1 saturated heterocycles. The summed E-state index contributed by atoms with van der Waals surface area (Å²) in [5, 5.41) is 9.70. The van der Waals surface area contributed by atoms with E-state index in [1.807, 2.05) is 0 Å². The summed E-state index contributed by atoms with van der Waals surface area (Å²) < 4.78 is 6.23. The van der Waals surface area contributed by atoms with Crippen LogP contribution in [0.5, 0.6) is 0 Å². The third-order valence-electron chi connectivity index (χ3n) is 4.85. The third-order valence-corrected chi connectivity index (χ3v) is 4.85. The molecule has 138 valence electrons. The average molecular weight is 338 g/mol. The Labute approximate surface area is 146 Å². The molecule has 24 heavy (non-hydrogen) atoms. The monoisotopic (exact) mass is 338 g/mol. The van der Waals surface area contributed by atoms with E-state index in [0.717, 1.165) is 44.8 Å². The van der Waals surface area contributed by atoms with E-state index in [9.17, 15) is 4.79 Å². The number of piperidine rings is 1. The lowest BCUT2D eigenvalue weighted by Crippen LogP contribution is -2.51. The second kappa shape index (κ2) is 9.87. The van der Waals surface area contributed by atoms with Crippen molar-refractivity contribution in [3.63, 3.8) is 0 Å². The molecule has 0 aromatic heterocycles. The quantitative estimate of drug-likeness (QED) is 0.490. The van der Waals surface area contributed by atoms with Gasteiger partial charge < -0.3 is 20.7 Å². The number of ether oxygens (including phenoxy) is 1. The summed E-state index contributed by atoms with van der Waals surface area (Å²) in [5.74, 6) is 0.979. The standard InChI is InChI=1S/C18H34N4O2/c1-3-12-24-18(10-6-5-7-11-18)14-21-17(19-4-2)22-15-8-9-16(23)20-13-15/h15H,3-14H2,1-2H3,(H,20,23)(H2,19,21,22). The lowest BCUT2D eigenvalue weighted by molar-refractivity contribution is -0.122. The van der Waals surface area contributed by atoms with Gasteiger partial charge in [-0.2, -0.15) is 0 Å². The van der Waals surface area contributed by atoms with Crippen molar-refractivity contribution in [2.24, 2.45) is 4.99 Å². The molecule has 0 radical (unpaired) electrons. The van der Waals surface area contributed by atoms with Crippen LogP contribution in [0, 0.1) is 0 Å². The molecule has 1 atom stereocenters. The molecule has 0 spiro atoms. The number of aliphatic imine (C=N–C) groups is 1. The Morgan fingerprint density at radius 3 is 2.75 bits per heavy atom. The molecule has 0 aromatic rings. The van der Waals surface area contributed by atoms with Crippen molar-refractivity contribution in [1.29, 1.82) is 0 Å². The molecule has 1 heterocycles. The van der Waals surface area contributed by atoms with E-state index < -0.39 is 0 Å². The van der Waals surface area contributed by atoms with E-state index in [2.05, 4.69) is 29.8 Å². The fraction of sp³-hybridized carbons (Fsp3) is 0.889. The van der Waals surface area contributed by atoms with Crippen molar-refractivity contribution in [2.75, 3.05) is 26.2 Å². The van der Waals surface area contributed by atoms with E-state index in [0.29, 0.717) is 19.5 Å². The van der Waals surface area contributed by atoms with Crippen LogP contribution in [0.3, 0.4) is 0 Å². The van der Waals surface area contributed by atoms with Crippen LogP contribution in [0.25, 0.3) is 0 Å². The summed E-state index contributed by atoms with van der Waals surface area (Å²) in [4.78, 5) is 16.1. The van der Waals surface area contributed by atoms with Gasteiger partial charge in [0.15, 0.2) is 5.96 Å². The summed E-state index contributed by atoms with van der Waals surface area (Å²) in [6.45, 7) is 7.25. The Bertz CT molecular complexity index is 409. The predicted molar refractivity (Wildman–Crippen MR) is 97.2 cm³/mol. The number of guanidine groups is 1. The molecule has 3 N–H and O–H groups in total. The molecule has 1 saturated carbocycles. The lowest BCUT2D eigenvalue weighted by atomic mass is 9.84. The van der Waals surface area contributed by atoms with Crippen molar-refractivity contribution in [3.8, 4) is 0 Å². The first kappa shape index (κ1) is 19.0. The summed E-state index contributed by atoms with van der Waals surface area (Å²) in [6, 6.07) is 0.249. The van der Waals surface area contributed by atoms with Crippen LogP contribution in [0.2, 0.25) is 0 Å². The van der Waals surface area contributed by atoms with Crippen molar-refractivity contribution < 1.29 is 9.53 Å². The molecule has 1 unspecified atom stereocenters. The van der Waals surface area contributed by atoms with Gasteiger partial charge in [0.2, 0.25) is 5.91 Å². The second-order valence-electron chi connectivity index (χ2n) is 6.97. The summed E-state index contributed by atoms with van der Waals surface area (Å²) in [6.07, 6.45) is 8.47. The minimum absolute atomic E-state index is 0.0859. The topological polar surface area (TPSA) is 74.8 Å². The number of amides is 1. The number of carbonyl (C=O) groups excluding carboxylic acids is 1. The zero-order valence-corrected chi connectivity index (χ0v) is 15.3. The van der Waals surface area contributed by atoms with Crippen molar-refractivity contribution in [3.05, 3.63) is 0 Å². The Kier molecular flexibility index (Phi) is 7.82. The van der Waals surface area contributed by atoms with Crippen LogP contribution >= 0.6 is 0 Å². The highest BCUT2D eigenvalue weighted by Gasteiger charge is 2.33. The Morgan fingerprint density at radius 1 is 1.33 bits per heavy atom. The van der Waals surface area contributed by atoms with Crippen LogP contribution in [-0.4, -0.2) is 49.8 Å². The van der Waals surface area contributed by atoms with Gasteiger partial charge in [-0.3, -0.25) is 9.79 Å². The van der Waals surface area contributed by atoms with Gasteiger partial charge in [-0.1, -0.05) is 26.2 Å². The zero-order valence-electron chi connectivity index (χ0n) is 15.3. The fourth-order valence-electron chi connectivity index (χ4n) is 3.46.